The number of carbonyl (C=O) groups is 1. The zero-order chi connectivity index (χ0) is 25.0. The number of aryl methyl sites for hydroxylation is 1. The van der Waals surface area contributed by atoms with Crippen LogP contribution in [0, 0.1) is 6.92 Å². The molecule has 186 valence electrons. The van der Waals surface area contributed by atoms with Gasteiger partial charge < -0.3 is 19.0 Å². The largest absolute Gasteiger partial charge is 0.484 e. The van der Waals surface area contributed by atoms with Crippen LogP contribution in [0.15, 0.2) is 59.3 Å². The molecule has 1 aliphatic rings. The van der Waals surface area contributed by atoms with Crippen LogP contribution >= 0.6 is 0 Å². The number of aliphatic carboxylic acids is 1. The van der Waals surface area contributed by atoms with Crippen LogP contribution in [0.5, 0.6) is 5.75 Å². The molecule has 0 saturated carbocycles. The van der Waals surface area contributed by atoms with Crippen LogP contribution in [0.1, 0.15) is 34.2 Å². The van der Waals surface area contributed by atoms with E-state index in [0.29, 0.717) is 48.9 Å². The number of ether oxygens (including phenoxy) is 2. The number of aromatic nitrogens is 1. The number of nitrogens with zero attached hydrogens (tertiary/aromatic N) is 2. The highest BCUT2D eigenvalue weighted by Gasteiger charge is 2.31. The van der Waals surface area contributed by atoms with E-state index in [1.807, 2.05) is 17.0 Å². The van der Waals surface area contributed by atoms with Crippen molar-refractivity contribution in [2.45, 2.75) is 38.2 Å². The predicted octanol–water partition coefficient (Wildman–Crippen LogP) is 4.65. The van der Waals surface area contributed by atoms with Crippen LogP contribution in [0.3, 0.4) is 0 Å². The lowest BCUT2D eigenvalue weighted by molar-refractivity contribution is -0.150. The summed E-state index contributed by atoms with van der Waals surface area (Å²) < 4.78 is 55.5. The Kier molecular flexibility index (Phi) is 7.42. The van der Waals surface area contributed by atoms with Crippen molar-refractivity contribution >= 4 is 5.97 Å². The van der Waals surface area contributed by atoms with Crippen LogP contribution in [0.2, 0.25) is 0 Å². The molecule has 1 N–H and O–H groups in total. The number of rotatable bonds is 8. The lowest BCUT2D eigenvalue weighted by atomic mass is 10.0. The van der Waals surface area contributed by atoms with E-state index in [2.05, 4.69) is 4.98 Å². The summed E-state index contributed by atoms with van der Waals surface area (Å²) in [5, 5.41) is 9.41. The molecule has 2 aromatic carbocycles. The molecule has 1 aliphatic heterocycles. The molecule has 2 heterocycles. The summed E-state index contributed by atoms with van der Waals surface area (Å²) in [6, 6.07) is 11.5. The van der Waals surface area contributed by atoms with Gasteiger partial charge in [-0.15, -0.1) is 0 Å². The molecule has 10 heteroatoms. The number of oxazole rings is 1. The molecular weight excluding hydrogens is 465 g/mol. The molecule has 0 aliphatic carbocycles. The van der Waals surface area contributed by atoms with Gasteiger partial charge in [-0.1, -0.05) is 24.3 Å². The van der Waals surface area contributed by atoms with Gasteiger partial charge in [0.1, 0.15) is 29.3 Å². The molecule has 0 amide bonds. The van der Waals surface area contributed by atoms with E-state index in [4.69, 9.17) is 13.9 Å². The maximum absolute atomic E-state index is 12.9. The summed E-state index contributed by atoms with van der Waals surface area (Å²) in [7, 11) is 0. The smallest absolute Gasteiger partial charge is 0.416 e. The second-order valence-corrected chi connectivity index (χ2v) is 8.34. The number of alkyl halides is 3. The summed E-state index contributed by atoms with van der Waals surface area (Å²) in [5.74, 6) is 0.189. The third kappa shape index (κ3) is 6.20. The van der Waals surface area contributed by atoms with Crippen molar-refractivity contribution in [3.05, 3.63) is 83.1 Å². The first-order valence-corrected chi connectivity index (χ1v) is 11.1. The zero-order valence-electron chi connectivity index (χ0n) is 19.0. The van der Waals surface area contributed by atoms with Crippen molar-refractivity contribution in [1.29, 1.82) is 0 Å². The normalized spacial score (nSPS) is 17.8. The fraction of sp³-hybridized carbons (Fsp3) is 0.360. The Morgan fingerprint density at radius 1 is 1.17 bits per heavy atom. The third-order valence-corrected chi connectivity index (χ3v) is 5.90. The van der Waals surface area contributed by atoms with Gasteiger partial charge in [-0.3, -0.25) is 9.69 Å². The number of benzene rings is 2. The molecule has 7 nitrogen and oxygen atoms in total. The van der Waals surface area contributed by atoms with Crippen molar-refractivity contribution in [3.63, 3.8) is 0 Å². The molecule has 1 aromatic heterocycles. The maximum Gasteiger partial charge on any atom is 0.416 e. The number of hydrogen-bond acceptors (Lipinski definition) is 6. The predicted molar refractivity (Wildman–Crippen MR) is 119 cm³/mol. The van der Waals surface area contributed by atoms with E-state index in [9.17, 15) is 23.1 Å². The van der Waals surface area contributed by atoms with Crippen LogP contribution in [0.4, 0.5) is 13.2 Å². The van der Waals surface area contributed by atoms with Gasteiger partial charge in [-0.25, -0.2) is 4.98 Å². The molecular formula is C25H25F3N2O5. The fourth-order valence-electron chi connectivity index (χ4n) is 3.99. The van der Waals surface area contributed by atoms with Crippen molar-refractivity contribution in [2.24, 2.45) is 0 Å². The Balaban J connectivity index is 1.47. The molecule has 1 fully saturated rings. The minimum Gasteiger partial charge on any atom is -0.484 e. The molecule has 3 aromatic rings. The zero-order valence-corrected chi connectivity index (χ0v) is 19.0. The van der Waals surface area contributed by atoms with E-state index in [1.54, 1.807) is 19.1 Å². The number of hydrogen-bond donors (Lipinski definition) is 1. The average Bonchev–Trinajstić information content (AvgIpc) is 3.25. The van der Waals surface area contributed by atoms with Crippen molar-refractivity contribution < 1.29 is 37.0 Å². The molecule has 2 atom stereocenters. The quantitative estimate of drug-likeness (QED) is 0.492. The monoisotopic (exact) mass is 490 g/mol. The van der Waals surface area contributed by atoms with Crippen LogP contribution in [0.25, 0.3) is 0 Å². The van der Waals surface area contributed by atoms with Gasteiger partial charge in [0, 0.05) is 19.5 Å². The van der Waals surface area contributed by atoms with Gasteiger partial charge >= 0.3 is 12.1 Å². The van der Waals surface area contributed by atoms with E-state index in [1.165, 1.54) is 18.5 Å². The molecule has 2 unspecified atom stereocenters. The number of carboxylic acid groups (broad SMARTS) is 1. The summed E-state index contributed by atoms with van der Waals surface area (Å²) >= 11 is 0. The Morgan fingerprint density at radius 3 is 2.46 bits per heavy atom. The van der Waals surface area contributed by atoms with E-state index >= 15 is 0 Å². The van der Waals surface area contributed by atoms with Gasteiger partial charge in [0.2, 0.25) is 0 Å². The van der Waals surface area contributed by atoms with Gasteiger partial charge in [0.05, 0.1) is 18.8 Å². The summed E-state index contributed by atoms with van der Waals surface area (Å²) in [4.78, 5) is 17.6. The second kappa shape index (κ2) is 10.5. The maximum atomic E-state index is 12.9. The Hall–Kier alpha value is -3.37. The lowest BCUT2D eigenvalue weighted by Gasteiger charge is -2.32. The molecule has 4 rings (SSSR count). The molecule has 0 bridgehead atoms. The van der Waals surface area contributed by atoms with Crippen molar-refractivity contribution in [2.75, 3.05) is 19.8 Å². The van der Waals surface area contributed by atoms with Crippen LogP contribution in [-0.4, -0.2) is 46.8 Å². The van der Waals surface area contributed by atoms with Gasteiger partial charge in [-0.2, -0.15) is 13.2 Å². The van der Waals surface area contributed by atoms with Gasteiger partial charge in [0.25, 0.3) is 0 Å². The summed E-state index contributed by atoms with van der Waals surface area (Å²) in [6.07, 6.45) is -3.38. The molecule has 0 radical (unpaired) electrons. The highest BCUT2D eigenvalue weighted by Crippen LogP contribution is 2.31. The number of halogens is 3. The van der Waals surface area contributed by atoms with Crippen LogP contribution in [-0.2, 0) is 28.7 Å². The summed E-state index contributed by atoms with van der Waals surface area (Å²) in [5.41, 5.74) is 1.43. The van der Waals surface area contributed by atoms with Crippen molar-refractivity contribution in [3.8, 4) is 5.75 Å². The lowest BCUT2D eigenvalue weighted by Crippen LogP contribution is -2.49. The SMILES string of the molecule is Cc1ocnc1C(Cc1ccc(C(F)(F)F)cc1)Oc1ccc(CN2CCOCC2C(=O)O)cc1. The van der Waals surface area contributed by atoms with E-state index in [0.717, 1.165) is 17.7 Å². The van der Waals surface area contributed by atoms with Crippen LogP contribution < -0.4 is 4.74 Å². The van der Waals surface area contributed by atoms with Gasteiger partial charge in [-0.05, 0) is 42.3 Å². The molecule has 1 saturated heterocycles. The number of carboxylic acids is 1. The minimum absolute atomic E-state index is 0.152. The standard InChI is InChI=1S/C25H25F3N2O5/c1-16-23(29-15-34-16)22(12-17-2-6-19(7-3-17)25(26,27)28)35-20-8-4-18(5-9-20)13-30-10-11-33-14-21(30)24(31)32/h2-9,15,21-22H,10-14H2,1H3,(H,31,32). The number of morpholine rings is 1. The fourth-order valence-corrected chi connectivity index (χ4v) is 3.99. The first-order valence-electron chi connectivity index (χ1n) is 11.1. The Morgan fingerprint density at radius 2 is 1.86 bits per heavy atom. The Bertz CT molecular complexity index is 1130. The first kappa shape index (κ1) is 24.7. The first-order chi connectivity index (χ1) is 16.7. The summed E-state index contributed by atoms with van der Waals surface area (Å²) in [6.45, 7) is 3.36. The van der Waals surface area contributed by atoms with E-state index in [-0.39, 0.29) is 6.61 Å². The third-order valence-electron chi connectivity index (χ3n) is 5.90. The van der Waals surface area contributed by atoms with Gasteiger partial charge in [0.15, 0.2) is 6.39 Å². The Labute approximate surface area is 200 Å². The molecule has 35 heavy (non-hydrogen) atoms. The molecule has 0 spiro atoms. The topological polar surface area (TPSA) is 85.0 Å². The second-order valence-electron chi connectivity index (χ2n) is 8.34. The highest BCUT2D eigenvalue weighted by molar-refractivity contribution is 5.73. The average molecular weight is 490 g/mol. The minimum atomic E-state index is -4.40. The van der Waals surface area contributed by atoms with Crippen molar-refractivity contribution in [1.82, 2.24) is 9.88 Å². The van der Waals surface area contributed by atoms with E-state index < -0.39 is 29.9 Å². The highest BCUT2D eigenvalue weighted by atomic mass is 19.4.